The molecule has 0 saturated heterocycles. The molecule has 1 heterocycles. The lowest BCUT2D eigenvalue weighted by Crippen LogP contribution is -2.18. The van der Waals surface area contributed by atoms with Gasteiger partial charge < -0.3 is 9.15 Å². The van der Waals surface area contributed by atoms with Gasteiger partial charge in [-0.25, -0.2) is 5.43 Å². The van der Waals surface area contributed by atoms with Crippen LogP contribution >= 0.6 is 0 Å². The average molecular weight is 379 g/mol. The Labute approximate surface area is 160 Å². The fourth-order valence-electron chi connectivity index (χ4n) is 2.33. The molecule has 0 unspecified atom stereocenters. The molecule has 3 rings (SSSR count). The van der Waals surface area contributed by atoms with Crippen LogP contribution < -0.4 is 10.2 Å². The number of rotatable bonds is 7. The molecule has 3 aromatic rings. The Balaban J connectivity index is 1.57. The highest BCUT2D eigenvalue weighted by atomic mass is 16.6. The summed E-state index contributed by atoms with van der Waals surface area (Å²) in [4.78, 5) is 22.4. The Kier molecular flexibility index (Phi) is 5.81. The predicted octanol–water partition coefficient (Wildman–Crippen LogP) is 3.92. The van der Waals surface area contributed by atoms with E-state index in [4.69, 9.17) is 9.15 Å². The molecule has 0 spiro atoms. The van der Waals surface area contributed by atoms with Crippen molar-refractivity contribution in [2.75, 3.05) is 0 Å². The summed E-state index contributed by atoms with van der Waals surface area (Å²) >= 11 is 0. The van der Waals surface area contributed by atoms with E-state index < -0.39 is 10.8 Å². The molecule has 8 heteroatoms. The number of hydrazone groups is 1. The van der Waals surface area contributed by atoms with Crippen molar-refractivity contribution in [3.8, 4) is 5.75 Å². The second-order valence-corrected chi connectivity index (χ2v) is 5.81. The maximum absolute atomic E-state index is 12.2. The van der Waals surface area contributed by atoms with Crippen LogP contribution in [0.25, 0.3) is 0 Å². The molecule has 0 aliphatic carbocycles. The third kappa shape index (κ3) is 4.82. The largest absolute Gasteiger partial charge is 0.486 e. The molecule has 0 fully saturated rings. The van der Waals surface area contributed by atoms with Gasteiger partial charge in [0.2, 0.25) is 0 Å². The van der Waals surface area contributed by atoms with Crippen LogP contribution in [0.3, 0.4) is 0 Å². The van der Waals surface area contributed by atoms with Crippen LogP contribution in [0.15, 0.2) is 76.2 Å². The summed E-state index contributed by atoms with van der Waals surface area (Å²) in [6.45, 7) is 1.88. The number of non-ortho nitro benzene ring substituents is 1. The molecular weight excluding hydrogens is 362 g/mol. The van der Waals surface area contributed by atoms with Crippen molar-refractivity contribution in [1.82, 2.24) is 5.43 Å². The van der Waals surface area contributed by atoms with Crippen LogP contribution in [0.1, 0.15) is 28.8 Å². The Bertz CT molecular complexity index is 994. The number of benzene rings is 2. The van der Waals surface area contributed by atoms with Crippen LogP contribution in [-0.4, -0.2) is 16.5 Å². The van der Waals surface area contributed by atoms with E-state index in [2.05, 4.69) is 10.5 Å². The number of carbonyl (C=O) groups is 1. The summed E-state index contributed by atoms with van der Waals surface area (Å²) < 4.78 is 11.0. The van der Waals surface area contributed by atoms with Gasteiger partial charge in [0.25, 0.3) is 5.69 Å². The van der Waals surface area contributed by atoms with E-state index in [0.717, 1.165) is 0 Å². The Hall–Kier alpha value is -3.94. The fraction of sp³-hybridized carbons (Fsp3) is 0.100. The predicted molar refractivity (Wildman–Crippen MR) is 102 cm³/mol. The molecule has 8 nitrogen and oxygen atoms in total. The molecule has 1 aromatic heterocycles. The van der Waals surface area contributed by atoms with Gasteiger partial charge in [0, 0.05) is 12.1 Å². The van der Waals surface area contributed by atoms with E-state index in [1.807, 2.05) is 30.3 Å². The van der Waals surface area contributed by atoms with Crippen molar-refractivity contribution in [3.63, 3.8) is 0 Å². The highest BCUT2D eigenvalue weighted by molar-refractivity contribution is 6.00. The maximum atomic E-state index is 12.2. The van der Waals surface area contributed by atoms with Gasteiger partial charge in [-0.05, 0) is 48.9 Å². The van der Waals surface area contributed by atoms with Crippen LogP contribution in [0.5, 0.6) is 5.75 Å². The zero-order valence-corrected chi connectivity index (χ0v) is 15.0. The van der Waals surface area contributed by atoms with Gasteiger partial charge in [-0.1, -0.05) is 18.2 Å². The normalized spacial score (nSPS) is 11.1. The van der Waals surface area contributed by atoms with E-state index in [9.17, 15) is 14.9 Å². The number of hydrogen-bond donors (Lipinski definition) is 1. The van der Waals surface area contributed by atoms with Crippen molar-refractivity contribution in [2.24, 2.45) is 5.10 Å². The average Bonchev–Trinajstić information content (AvgIpc) is 3.20. The molecule has 2 aromatic carbocycles. The maximum Gasteiger partial charge on any atom is 0.307 e. The molecule has 0 aliphatic heterocycles. The third-order valence-corrected chi connectivity index (χ3v) is 3.83. The number of furan rings is 1. The third-order valence-electron chi connectivity index (χ3n) is 3.83. The van der Waals surface area contributed by atoms with E-state index in [-0.39, 0.29) is 18.1 Å². The van der Waals surface area contributed by atoms with Gasteiger partial charge >= 0.3 is 5.91 Å². The highest BCUT2D eigenvalue weighted by Gasteiger charge is 2.12. The fourth-order valence-corrected chi connectivity index (χ4v) is 2.33. The molecule has 0 saturated carbocycles. The van der Waals surface area contributed by atoms with Crippen LogP contribution in [0, 0.1) is 10.1 Å². The number of carbonyl (C=O) groups excluding carboxylic acids is 1. The molecule has 28 heavy (non-hydrogen) atoms. The van der Waals surface area contributed by atoms with E-state index in [0.29, 0.717) is 22.8 Å². The summed E-state index contributed by atoms with van der Waals surface area (Å²) in [6.07, 6.45) is 0. The molecule has 142 valence electrons. The summed E-state index contributed by atoms with van der Waals surface area (Å²) in [6, 6.07) is 18.3. The van der Waals surface area contributed by atoms with Crippen molar-refractivity contribution >= 4 is 17.3 Å². The number of nitrogens with one attached hydrogen (secondary N) is 1. The second-order valence-electron chi connectivity index (χ2n) is 5.81. The molecule has 0 atom stereocenters. The first-order valence-electron chi connectivity index (χ1n) is 8.39. The van der Waals surface area contributed by atoms with E-state index in [1.54, 1.807) is 25.1 Å². The van der Waals surface area contributed by atoms with Gasteiger partial charge in [0.1, 0.15) is 18.1 Å². The molecule has 1 N–H and O–H groups in total. The number of hydrogen-bond acceptors (Lipinski definition) is 6. The first-order valence-corrected chi connectivity index (χ1v) is 8.39. The number of nitro groups is 1. The minimum Gasteiger partial charge on any atom is -0.486 e. The number of ether oxygens (including phenoxy) is 1. The lowest BCUT2D eigenvalue weighted by atomic mass is 10.1. The monoisotopic (exact) mass is 379 g/mol. The lowest BCUT2D eigenvalue weighted by Gasteiger charge is -2.03. The quantitative estimate of drug-likeness (QED) is 0.380. The molecule has 0 aliphatic rings. The molecule has 0 bridgehead atoms. The molecule has 0 radical (unpaired) electrons. The zero-order chi connectivity index (χ0) is 19.9. The van der Waals surface area contributed by atoms with Crippen LogP contribution in [0.2, 0.25) is 0 Å². The Morgan fingerprint density at radius 2 is 1.82 bits per heavy atom. The summed E-state index contributed by atoms with van der Waals surface area (Å²) in [5, 5.41) is 14.7. The first kappa shape index (κ1) is 18.8. The number of nitrogens with zero attached hydrogens (tertiary/aromatic N) is 2. The molecule has 1 amide bonds. The molecular formula is C20H17N3O5. The lowest BCUT2D eigenvalue weighted by molar-refractivity contribution is -0.384. The smallest absolute Gasteiger partial charge is 0.307 e. The standard InChI is InChI=1S/C20H17N3O5/c1-14(15-7-9-16(10-8-15)23(25)26)21-22-20(24)19-12-11-18(28-19)13-27-17-5-3-2-4-6-17/h2-12H,13H2,1H3,(H,22,24)/b21-14-. The summed E-state index contributed by atoms with van der Waals surface area (Å²) in [5.74, 6) is 0.803. The minimum absolute atomic E-state index is 0.0126. The summed E-state index contributed by atoms with van der Waals surface area (Å²) in [7, 11) is 0. The number of para-hydroxylation sites is 1. The second kappa shape index (κ2) is 8.63. The van der Waals surface area contributed by atoms with Gasteiger partial charge in [-0.15, -0.1) is 0 Å². The number of nitro benzene ring substituents is 1. The number of amides is 1. The highest BCUT2D eigenvalue weighted by Crippen LogP contribution is 2.14. The van der Waals surface area contributed by atoms with Gasteiger partial charge in [0.05, 0.1) is 10.6 Å². The van der Waals surface area contributed by atoms with Gasteiger partial charge in [-0.2, -0.15) is 5.10 Å². The van der Waals surface area contributed by atoms with Crippen molar-refractivity contribution in [3.05, 3.63) is 93.9 Å². The topological polar surface area (TPSA) is 107 Å². The van der Waals surface area contributed by atoms with E-state index in [1.165, 1.54) is 18.2 Å². The SMILES string of the molecule is C/C(=N/NC(=O)c1ccc(COc2ccccc2)o1)c1ccc([N+](=O)[O-])cc1. The first-order chi connectivity index (χ1) is 13.5. The summed E-state index contributed by atoms with van der Waals surface area (Å²) in [5.41, 5.74) is 3.55. The minimum atomic E-state index is -0.507. The Morgan fingerprint density at radius 3 is 2.50 bits per heavy atom. The van der Waals surface area contributed by atoms with Crippen LogP contribution in [0.4, 0.5) is 5.69 Å². The Morgan fingerprint density at radius 1 is 1.11 bits per heavy atom. The van der Waals surface area contributed by atoms with Crippen molar-refractivity contribution in [2.45, 2.75) is 13.5 Å². The van der Waals surface area contributed by atoms with Crippen molar-refractivity contribution < 1.29 is 18.9 Å². The van der Waals surface area contributed by atoms with E-state index >= 15 is 0 Å². The van der Waals surface area contributed by atoms with Gasteiger partial charge in [-0.3, -0.25) is 14.9 Å². The van der Waals surface area contributed by atoms with Crippen molar-refractivity contribution in [1.29, 1.82) is 0 Å². The van der Waals surface area contributed by atoms with Gasteiger partial charge in [0.15, 0.2) is 5.76 Å². The zero-order valence-electron chi connectivity index (χ0n) is 15.0. The van der Waals surface area contributed by atoms with Crippen LogP contribution in [-0.2, 0) is 6.61 Å².